The number of esters is 1. The molecule has 0 spiro atoms. The molecule has 0 saturated carbocycles. The first kappa shape index (κ1) is 9.47. The molecular formula is C8H10N2O3. The molecule has 1 aromatic rings. The zero-order chi connectivity index (χ0) is 9.84. The summed E-state index contributed by atoms with van der Waals surface area (Å²) in [6.45, 7) is 1.31. The highest BCUT2D eigenvalue weighted by atomic mass is 16.6. The molecule has 0 fully saturated rings. The van der Waals surface area contributed by atoms with E-state index in [2.05, 4.69) is 9.72 Å². The minimum atomic E-state index is -1.18. The number of aliphatic hydroxyl groups excluding tert-OH is 1. The summed E-state index contributed by atoms with van der Waals surface area (Å²) in [4.78, 5) is 14.6. The maximum atomic E-state index is 10.9. The van der Waals surface area contributed by atoms with Crippen LogP contribution in [0.1, 0.15) is 6.92 Å². The highest BCUT2D eigenvalue weighted by Crippen LogP contribution is 2.16. The third-order valence-corrected chi connectivity index (χ3v) is 1.34. The number of ether oxygens (including phenoxy) is 1. The Morgan fingerprint density at radius 1 is 1.77 bits per heavy atom. The molecule has 0 aliphatic carbocycles. The van der Waals surface area contributed by atoms with Gasteiger partial charge in [0, 0.05) is 6.20 Å². The molecule has 0 amide bonds. The SMILES string of the molecule is CC(O)C(=O)Oc1ncccc1N. The predicted octanol–water partition coefficient (Wildman–Crippen LogP) is -0.0500. The second kappa shape index (κ2) is 3.86. The highest BCUT2D eigenvalue weighted by molar-refractivity contribution is 5.77. The van der Waals surface area contributed by atoms with Crippen LogP contribution in [0.5, 0.6) is 5.88 Å². The number of rotatable bonds is 2. The highest BCUT2D eigenvalue weighted by Gasteiger charge is 2.13. The smallest absolute Gasteiger partial charge is 0.341 e. The van der Waals surface area contributed by atoms with Gasteiger partial charge in [-0.05, 0) is 19.1 Å². The number of carbonyl (C=O) groups excluding carboxylic acids is 1. The van der Waals surface area contributed by atoms with E-state index in [0.29, 0.717) is 0 Å². The van der Waals surface area contributed by atoms with Crippen molar-refractivity contribution in [3.05, 3.63) is 18.3 Å². The van der Waals surface area contributed by atoms with E-state index in [1.54, 1.807) is 12.1 Å². The maximum absolute atomic E-state index is 10.9. The Morgan fingerprint density at radius 3 is 3.00 bits per heavy atom. The van der Waals surface area contributed by atoms with Crippen molar-refractivity contribution in [2.24, 2.45) is 0 Å². The lowest BCUT2D eigenvalue weighted by atomic mass is 10.4. The van der Waals surface area contributed by atoms with Gasteiger partial charge in [-0.25, -0.2) is 9.78 Å². The maximum Gasteiger partial charge on any atom is 0.341 e. The molecule has 3 N–H and O–H groups in total. The van der Waals surface area contributed by atoms with E-state index in [0.717, 1.165) is 0 Å². The zero-order valence-electron chi connectivity index (χ0n) is 7.10. The van der Waals surface area contributed by atoms with E-state index in [1.165, 1.54) is 13.1 Å². The van der Waals surface area contributed by atoms with Gasteiger partial charge in [-0.2, -0.15) is 0 Å². The van der Waals surface area contributed by atoms with E-state index in [-0.39, 0.29) is 11.6 Å². The van der Waals surface area contributed by atoms with Crippen LogP contribution in [0.3, 0.4) is 0 Å². The summed E-state index contributed by atoms with van der Waals surface area (Å²) < 4.78 is 4.68. The molecule has 0 saturated heterocycles. The van der Waals surface area contributed by atoms with Crippen molar-refractivity contribution in [3.8, 4) is 5.88 Å². The second-order valence-corrected chi connectivity index (χ2v) is 2.49. The number of nitrogen functional groups attached to an aromatic ring is 1. The van der Waals surface area contributed by atoms with Gasteiger partial charge >= 0.3 is 5.97 Å². The van der Waals surface area contributed by atoms with Crippen LogP contribution in [-0.2, 0) is 4.79 Å². The van der Waals surface area contributed by atoms with Crippen molar-refractivity contribution in [1.82, 2.24) is 4.98 Å². The van der Waals surface area contributed by atoms with Gasteiger partial charge in [0.1, 0.15) is 6.10 Å². The molecule has 0 bridgehead atoms. The number of carbonyl (C=O) groups is 1. The Kier molecular flexibility index (Phi) is 2.81. The minimum absolute atomic E-state index is 0.0217. The molecule has 5 heteroatoms. The average Bonchev–Trinajstić information content (AvgIpc) is 2.08. The van der Waals surface area contributed by atoms with Gasteiger partial charge in [-0.15, -0.1) is 0 Å². The first-order valence-corrected chi connectivity index (χ1v) is 3.71. The van der Waals surface area contributed by atoms with Crippen LogP contribution in [-0.4, -0.2) is 22.2 Å². The molecule has 0 aliphatic heterocycles. The largest absolute Gasteiger partial charge is 0.403 e. The number of nitrogens with two attached hydrogens (primary N) is 1. The predicted molar refractivity (Wildman–Crippen MR) is 46.0 cm³/mol. The number of pyridine rings is 1. The first-order valence-electron chi connectivity index (χ1n) is 3.71. The molecule has 1 unspecified atom stereocenters. The van der Waals surface area contributed by atoms with E-state index in [1.807, 2.05) is 0 Å². The summed E-state index contributed by atoms with van der Waals surface area (Å²) in [7, 11) is 0. The van der Waals surface area contributed by atoms with Crippen LogP contribution < -0.4 is 10.5 Å². The lowest BCUT2D eigenvalue weighted by Crippen LogP contribution is -2.22. The Morgan fingerprint density at radius 2 is 2.46 bits per heavy atom. The van der Waals surface area contributed by atoms with Crippen LogP contribution in [0.15, 0.2) is 18.3 Å². The number of hydrogen-bond acceptors (Lipinski definition) is 5. The normalized spacial score (nSPS) is 12.2. The molecular weight excluding hydrogens is 172 g/mol. The lowest BCUT2D eigenvalue weighted by molar-refractivity contribution is -0.142. The topological polar surface area (TPSA) is 85.4 Å². The fourth-order valence-corrected chi connectivity index (χ4v) is 0.669. The minimum Gasteiger partial charge on any atom is -0.403 e. The van der Waals surface area contributed by atoms with Crippen LogP contribution in [0.2, 0.25) is 0 Å². The van der Waals surface area contributed by atoms with Gasteiger partial charge in [-0.3, -0.25) is 0 Å². The summed E-state index contributed by atoms with van der Waals surface area (Å²) >= 11 is 0. The first-order chi connectivity index (χ1) is 6.11. The van der Waals surface area contributed by atoms with Gasteiger partial charge in [0.25, 0.3) is 0 Å². The molecule has 13 heavy (non-hydrogen) atoms. The van der Waals surface area contributed by atoms with Crippen LogP contribution in [0.25, 0.3) is 0 Å². The van der Waals surface area contributed by atoms with E-state index in [9.17, 15) is 4.79 Å². The van der Waals surface area contributed by atoms with Crippen molar-refractivity contribution in [2.75, 3.05) is 5.73 Å². The number of aliphatic hydroxyl groups is 1. The number of hydrogen-bond donors (Lipinski definition) is 2. The van der Waals surface area contributed by atoms with Crippen LogP contribution in [0.4, 0.5) is 5.69 Å². The molecule has 1 heterocycles. The number of nitrogens with zero attached hydrogens (tertiary/aromatic N) is 1. The molecule has 5 nitrogen and oxygen atoms in total. The molecule has 1 atom stereocenters. The monoisotopic (exact) mass is 182 g/mol. The summed E-state index contributed by atoms with van der Waals surface area (Å²) in [6, 6.07) is 3.17. The van der Waals surface area contributed by atoms with Crippen molar-refractivity contribution in [1.29, 1.82) is 0 Å². The third kappa shape index (κ3) is 2.41. The summed E-state index contributed by atoms with van der Waals surface area (Å²) in [5.41, 5.74) is 5.71. The van der Waals surface area contributed by atoms with Crippen molar-refractivity contribution < 1.29 is 14.6 Å². The summed E-state index contributed by atoms with van der Waals surface area (Å²) in [5.74, 6) is -0.751. The summed E-state index contributed by atoms with van der Waals surface area (Å²) in [6.07, 6.45) is 0.266. The molecule has 70 valence electrons. The molecule has 0 aliphatic rings. The quantitative estimate of drug-likeness (QED) is 0.626. The van der Waals surface area contributed by atoms with Gasteiger partial charge in [0.2, 0.25) is 5.88 Å². The Bertz CT molecular complexity index is 312. The van der Waals surface area contributed by atoms with E-state index in [4.69, 9.17) is 10.8 Å². The average molecular weight is 182 g/mol. The standard InChI is InChI=1S/C8H10N2O3/c1-5(11)8(12)13-7-6(9)3-2-4-10-7/h2-5,11H,9H2,1H3. The third-order valence-electron chi connectivity index (χ3n) is 1.34. The Labute approximate surface area is 75.2 Å². The molecule has 1 rings (SSSR count). The molecule has 0 aromatic carbocycles. The van der Waals surface area contributed by atoms with E-state index < -0.39 is 12.1 Å². The fraction of sp³-hybridized carbons (Fsp3) is 0.250. The van der Waals surface area contributed by atoms with Gasteiger partial charge in [0.15, 0.2) is 0 Å². The zero-order valence-corrected chi connectivity index (χ0v) is 7.10. The number of aromatic nitrogens is 1. The fourth-order valence-electron chi connectivity index (χ4n) is 0.669. The number of anilines is 1. The van der Waals surface area contributed by atoms with Gasteiger partial charge in [-0.1, -0.05) is 0 Å². The van der Waals surface area contributed by atoms with Crippen LogP contribution in [0, 0.1) is 0 Å². The second-order valence-electron chi connectivity index (χ2n) is 2.49. The van der Waals surface area contributed by atoms with Crippen molar-refractivity contribution in [3.63, 3.8) is 0 Å². The lowest BCUT2D eigenvalue weighted by Gasteiger charge is -2.06. The van der Waals surface area contributed by atoms with Crippen molar-refractivity contribution >= 4 is 11.7 Å². The Balaban J connectivity index is 2.75. The summed E-state index contributed by atoms with van der Waals surface area (Å²) in [5, 5.41) is 8.83. The van der Waals surface area contributed by atoms with Gasteiger partial charge < -0.3 is 15.6 Å². The molecule has 0 radical (unpaired) electrons. The van der Waals surface area contributed by atoms with Gasteiger partial charge in [0.05, 0.1) is 5.69 Å². The van der Waals surface area contributed by atoms with Crippen molar-refractivity contribution in [2.45, 2.75) is 13.0 Å². The van der Waals surface area contributed by atoms with Crippen LogP contribution >= 0.6 is 0 Å². The van der Waals surface area contributed by atoms with E-state index >= 15 is 0 Å². The molecule has 1 aromatic heterocycles. The Hall–Kier alpha value is -1.62.